The predicted octanol–water partition coefficient (Wildman–Crippen LogP) is 1.63. The first-order valence-electron chi connectivity index (χ1n) is 4.55. The molecule has 1 amide bonds. The van der Waals surface area contributed by atoms with Crippen LogP contribution in [0.15, 0.2) is 24.5 Å². The van der Waals surface area contributed by atoms with Gasteiger partial charge in [0.1, 0.15) is 5.75 Å². The smallest absolute Gasteiger partial charge is 0.262 e. The molecule has 0 spiro atoms. The number of benzene rings is 1. The van der Waals surface area contributed by atoms with Gasteiger partial charge in [0, 0.05) is 0 Å². The van der Waals surface area contributed by atoms with Gasteiger partial charge in [0.2, 0.25) is 0 Å². The van der Waals surface area contributed by atoms with Crippen LogP contribution in [-0.2, 0) is 9.53 Å². The van der Waals surface area contributed by atoms with Gasteiger partial charge >= 0.3 is 0 Å². The number of amides is 1. The molecular weight excluding hydrogens is 194 g/mol. The van der Waals surface area contributed by atoms with Crippen molar-refractivity contribution in [1.29, 1.82) is 0 Å². The van der Waals surface area contributed by atoms with Gasteiger partial charge in [0.05, 0.1) is 19.1 Å². The lowest BCUT2D eigenvalue weighted by molar-refractivity contribution is -0.118. The summed E-state index contributed by atoms with van der Waals surface area (Å²) in [6.07, 6.45) is 3.41. The molecule has 4 nitrogen and oxygen atoms in total. The van der Waals surface area contributed by atoms with Crippen LogP contribution in [0.25, 0.3) is 6.08 Å². The first-order valence-corrected chi connectivity index (χ1v) is 4.55. The number of fused-ring (bicyclic) bond motifs is 1. The van der Waals surface area contributed by atoms with Gasteiger partial charge in [-0.2, -0.15) is 0 Å². The fourth-order valence-electron chi connectivity index (χ4n) is 1.34. The van der Waals surface area contributed by atoms with E-state index in [9.17, 15) is 4.79 Å². The Bertz CT molecular complexity index is 412. The predicted molar refractivity (Wildman–Crippen MR) is 56.6 cm³/mol. The van der Waals surface area contributed by atoms with Crippen LogP contribution in [0.2, 0.25) is 0 Å². The topological polar surface area (TPSA) is 47.6 Å². The average molecular weight is 205 g/mol. The van der Waals surface area contributed by atoms with E-state index in [0.717, 1.165) is 5.56 Å². The lowest BCUT2D eigenvalue weighted by Crippen LogP contribution is -2.25. The summed E-state index contributed by atoms with van der Waals surface area (Å²) in [6.45, 7) is 0.0739. The summed E-state index contributed by atoms with van der Waals surface area (Å²) in [7, 11) is 1.59. The van der Waals surface area contributed by atoms with Crippen molar-refractivity contribution in [3.63, 3.8) is 0 Å². The molecule has 0 atom stereocenters. The zero-order valence-corrected chi connectivity index (χ0v) is 8.32. The van der Waals surface area contributed by atoms with E-state index in [-0.39, 0.29) is 12.5 Å². The van der Waals surface area contributed by atoms with E-state index in [4.69, 9.17) is 9.47 Å². The van der Waals surface area contributed by atoms with Crippen molar-refractivity contribution < 1.29 is 14.3 Å². The largest absolute Gasteiger partial charge is 0.504 e. The van der Waals surface area contributed by atoms with Crippen molar-refractivity contribution in [1.82, 2.24) is 0 Å². The zero-order chi connectivity index (χ0) is 10.7. The Morgan fingerprint density at radius 2 is 2.40 bits per heavy atom. The maximum atomic E-state index is 11.0. The summed E-state index contributed by atoms with van der Waals surface area (Å²) >= 11 is 0. The highest BCUT2D eigenvalue weighted by molar-refractivity contribution is 5.95. The van der Waals surface area contributed by atoms with Crippen LogP contribution < -0.4 is 10.1 Å². The Hall–Kier alpha value is -1.97. The van der Waals surface area contributed by atoms with Gasteiger partial charge in [-0.05, 0) is 23.8 Å². The minimum absolute atomic E-state index is 0.0739. The summed E-state index contributed by atoms with van der Waals surface area (Å²) < 4.78 is 10.1. The highest BCUT2D eigenvalue weighted by Gasteiger charge is 2.15. The molecule has 0 aliphatic carbocycles. The number of hydrogen-bond donors (Lipinski definition) is 1. The number of carbonyl (C=O) groups is 1. The first kappa shape index (κ1) is 9.58. The van der Waals surface area contributed by atoms with E-state index in [2.05, 4.69) is 5.32 Å². The zero-order valence-electron chi connectivity index (χ0n) is 8.32. The van der Waals surface area contributed by atoms with Crippen LogP contribution in [-0.4, -0.2) is 19.6 Å². The Kier molecular flexibility index (Phi) is 2.58. The van der Waals surface area contributed by atoms with Crippen molar-refractivity contribution in [3.8, 4) is 5.75 Å². The maximum Gasteiger partial charge on any atom is 0.262 e. The van der Waals surface area contributed by atoms with Crippen molar-refractivity contribution in [2.75, 3.05) is 19.0 Å². The standard InChI is InChI=1S/C11H11NO3/c1-14-5-4-8-2-3-9-10(6-8)15-7-11(13)12-9/h2-6H,7H2,1H3,(H,12,13). The van der Waals surface area contributed by atoms with Crippen LogP contribution in [0.3, 0.4) is 0 Å². The summed E-state index contributed by atoms with van der Waals surface area (Å²) in [5.41, 5.74) is 1.67. The van der Waals surface area contributed by atoms with E-state index in [0.29, 0.717) is 11.4 Å². The molecule has 1 N–H and O–H groups in total. The van der Waals surface area contributed by atoms with Crippen LogP contribution in [0, 0.1) is 0 Å². The van der Waals surface area contributed by atoms with Gasteiger partial charge in [-0.1, -0.05) is 6.07 Å². The molecule has 0 unspecified atom stereocenters. The number of methoxy groups -OCH3 is 1. The van der Waals surface area contributed by atoms with Crippen LogP contribution in [0.5, 0.6) is 5.75 Å². The molecule has 1 aliphatic heterocycles. The molecule has 4 heteroatoms. The van der Waals surface area contributed by atoms with Gasteiger partial charge in [-0.15, -0.1) is 0 Å². The molecule has 1 aromatic carbocycles. The van der Waals surface area contributed by atoms with Crippen LogP contribution in [0.1, 0.15) is 5.56 Å². The van der Waals surface area contributed by atoms with Crippen molar-refractivity contribution in [3.05, 3.63) is 30.0 Å². The van der Waals surface area contributed by atoms with E-state index >= 15 is 0 Å². The molecule has 1 aliphatic rings. The number of carbonyl (C=O) groups excluding carboxylic acids is 1. The van der Waals surface area contributed by atoms with Crippen molar-refractivity contribution in [2.45, 2.75) is 0 Å². The SMILES string of the molecule is COC=Cc1ccc2c(c1)OCC(=O)N2. The molecule has 0 bridgehead atoms. The van der Waals surface area contributed by atoms with Gasteiger partial charge in [-0.3, -0.25) is 4.79 Å². The number of hydrogen-bond acceptors (Lipinski definition) is 3. The number of nitrogens with one attached hydrogen (secondary N) is 1. The summed E-state index contributed by atoms with van der Waals surface area (Å²) in [6, 6.07) is 5.54. The second-order valence-electron chi connectivity index (χ2n) is 3.13. The van der Waals surface area contributed by atoms with Gasteiger partial charge < -0.3 is 14.8 Å². The average Bonchev–Trinajstić information content (AvgIpc) is 2.26. The van der Waals surface area contributed by atoms with E-state index in [1.54, 1.807) is 13.4 Å². The first-order chi connectivity index (χ1) is 7.29. The fraction of sp³-hybridized carbons (Fsp3) is 0.182. The number of rotatable bonds is 2. The monoisotopic (exact) mass is 205 g/mol. The highest BCUT2D eigenvalue weighted by Crippen LogP contribution is 2.28. The maximum absolute atomic E-state index is 11.0. The summed E-state index contributed by atoms with van der Waals surface area (Å²) in [4.78, 5) is 11.0. The summed E-state index contributed by atoms with van der Waals surface area (Å²) in [5.74, 6) is 0.565. The van der Waals surface area contributed by atoms with Gasteiger partial charge in [0.25, 0.3) is 5.91 Å². The van der Waals surface area contributed by atoms with Crippen molar-refractivity contribution >= 4 is 17.7 Å². The number of ether oxygens (including phenoxy) is 2. The van der Waals surface area contributed by atoms with Gasteiger partial charge in [-0.25, -0.2) is 0 Å². The molecule has 0 aromatic heterocycles. The molecule has 0 saturated heterocycles. The van der Waals surface area contributed by atoms with E-state index in [1.165, 1.54) is 0 Å². The normalized spacial score (nSPS) is 14.3. The second-order valence-corrected chi connectivity index (χ2v) is 3.13. The number of anilines is 1. The van der Waals surface area contributed by atoms with Crippen LogP contribution >= 0.6 is 0 Å². The molecule has 1 aromatic rings. The molecule has 0 fully saturated rings. The third kappa shape index (κ3) is 2.10. The molecule has 15 heavy (non-hydrogen) atoms. The van der Waals surface area contributed by atoms with E-state index in [1.807, 2.05) is 24.3 Å². The Morgan fingerprint density at radius 3 is 3.20 bits per heavy atom. The van der Waals surface area contributed by atoms with E-state index < -0.39 is 0 Å². The molecule has 78 valence electrons. The fourth-order valence-corrected chi connectivity index (χ4v) is 1.34. The van der Waals surface area contributed by atoms with Crippen LogP contribution in [0.4, 0.5) is 5.69 Å². The lowest BCUT2D eigenvalue weighted by atomic mass is 10.1. The third-order valence-corrected chi connectivity index (χ3v) is 2.04. The third-order valence-electron chi connectivity index (χ3n) is 2.04. The quantitative estimate of drug-likeness (QED) is 0.746. The Morgan fingerprint density at radius 1 is 1.53 bits per heavy atom. The molecule has 0 saturated carbocycles. The molecule has 2 rings (SSSR count). The minimum atomic E-state index is -0.123. The van der Waals surface area contributed by atoms with Gasteiger partial charge in [0.15, 0.2) is 6.61 Å². The molecule has 0 radical (unpaired) electrons. The highest BCUT2D eigenvalue weighted by atomic mass is 16.5. The minimum Gasteiger partial charge on any atom is -0.504 e. The molecule has 1 heterocycles. The Labute approximate surface area is 87.5 Å². The summed E-state index contributed by atoms with van der Waals surface area (Å²) in [5, 5.41) is 2.72. The lowest BCUT2D eigenvalue weighted by Gasteiger charge is -2.17. The Balaban J connectivity index is 2.26. The second kappa shape index (κ2) is 4.04. The molecular formula is C11H11NO3. The van der Waals surface area contributed by atoms with Crippen molar-refractivity contribution in [2.24, 2.45) is 0 Å².